The number of sulfonamides is 1. The average molecular weight is 305 g/mol. The van der Waals surface area contributed by atoms with E-state index in [4.69, 9.17) is 9.84 Å². The molecular weight excluding hydrogens is 286 g/mol. The normalized spacial score (nSPS) is 13.4. The molecule has 0 amide bonds. The van der Waals surface area contributed by atoms with Gasteiger partial charge in [0.1, 0.15) is 11.4 Å². The van der Waals surface area contributed by atoms with Gasteiger partial charge in [0.05, 0.1) is 18.0 Å². The number of rotatable bonds is 7. The maximum Gasteiger partial charge on any atom is 0.325 e. The van der Waals surface area contributed by atoms with Gasteiger partial charge in [0.15, 0.2) is 0 Å². The Kier molecular flexibility index (Phi) is 5.26. The monoisotopic (exact) mass is 305 g/mol. The van der Waals surface area contributed by atoms with Crippen LogP contribution in [0.5, 0.6) is 0 Å². The molecule has 1 aromatic rings. The SMILES string of the molecule is COCC(C)NS(=O)(=O)c1c(C)nn(CC(=O)O)c1C. The van der Waals surface area contributed by atoms with Crippen molar-refractivity contribution in [2.24, 2.45) is 0 Å². The van der Waals surface area contributed by atoms with E-state index in [1.165, 1.54) is 21.0 Å². The minimum absolute atomic E-state index is 0.0155. The van der Waals surface area contributed by atoms with Crippen LogP contribution in [-0.2, 0) is 26.1 Å². The van der Waals surface area contributed by atoms with Crippen LogP contribution in [0.3, 0.4) is 0 Å². The lowest BCUT2D eigenvalue weighted by molar-refractivity contribution is -0.137. The van der Waals surface area contributed by atoms with E-state index in [-0.39, 0.29) is 23.7 Å². The Bertz CT molecular complexity index is 593. The van der Waals surface area contributed by atoms with Crippen molar-refractivity contribution in [3.63, 3.8) is 0 Å². The number of hydrogen-bond acceptors (Lipinski definition) is 5. The van der Waals surface area contributed by atoms with E-state index in [1.807, 2.05) is 0 Å². The molecule has 1 rings (SSSR count). The summed E-state index contributed by atoms with van der Waals surface area (Å²) in [6.07, 6.45) is 0. The molecule has 0 aliphatic carbocycles. The van der Waals surface area contributed by atoms with Crippen LogP contribution in [-0.4, -0.2) is 49.0 Å². The zero-order valence-electron chi connectivity index (χ0n) is 11.9. The maximum atomic E-state index is 12.3. The Balaban J connectivity index is 3.12. The third kappa shape index (κ3) is 3.78. The number of nitrogens with zero attached hydrogens (tertiary/aromatic N) is 2. The minimum atomic E-state index is -3.76. The molecule has 0 aromatic carbocycles. The predicted octanol–water partition coefficient (Wildman–Crippen LogP) is -0.102. The Morgan fingerprint density at radius 1 is 1.50 bits per heavy atom. The Morgan fingerprint density at radius 3 is 2.60 bits per heavy atom. The van der Waals surface area contributed by atoms with E-state index >= 15 is 0 Å². The fourth-order valence-electron chi connectivity index (χ4n) is 1.96. The lowest BCUT2D eigenvalue weighted by Gasteiger charge is -2.13. The van der Waals surface area contributed by atoms with Crippen molar-refractivity contribution in [1.82, 2.24) is 14.5 Å². The number of carboxylic acids is 1. The molecule has 0 spiro atoms. The van der Waals surface area contributed by atoms with E-state index < -0.39 is 22.0 Å². The lowest BCUT2D eigenvalue weighted by atomic mass is 10.4. The fourth-order valence-corrected chi connectivity index (χ4v) is 3.60. The minimum Gasteiger partial charge on any atom is -0.480 e. The highest BCUT2D eigenvalue weighted by molar-refractivity contribution is 7.89. The Labute approximate surface area is 117 Å². The van der Waals surface area contributed by atoms with E-state index in [0.717, 1.165) is 4.68 Å². The fraction of sp³-hybridized carbons (Fsp3) is 0.636. The molecule has 0 saturated carbocycles. The maximum absolute atomic E-state index is 12.3. The van der Waals surface area contributed by atoms with Gasteiger partial charge in [-0.2, -0.15) is 5.10 Å². The second-order valence-electron chi connectivity index (χ2n) is 4.53. The highest BCUT2D eigenvalue weighted by Gasteiger charge is 2.26. The van der Waals surface area contributed by atoms with Gasteiger partial charge in [0.2, 0.25) is 10.0 Å². The predicted molar refractivity (Wildman–Crippen MR) is 71.0 cm³/mol. The first-order valence-corrected chi connectivity index (χ1v) is 7.44. The highest BCUT2D eigenvalue weighted by atomic mass is 32.2. The van der Waals surface area contributed by atoms with Crippen molar-refractivity contribution < 1.29 is 23.1 Å². The molecule has 114 valence electrons. The van der Waals surface area contributed by atoms with Gasteiger partial charge in [-0.25, -0.2) is 13.1 Å². The number of hydrogen-bond donors (Lipinski definition) is 2. The van der Waals surface area contributed by atoms with Crippen molar-refractivity contribution in [3.05, 3.63) is 11.4 Å². The Hall–Kier alpha value is -1.45. The van der Waals surface area contributed by atoms with Crippen molar-refractivity contribution in [2.75, 3.05) is 13.7 Å². The van der Waals surface area contributed by atoms with Crippen LogP contribution in [0.1, 0.15) is 18.3 Å². The molecule has 0 fully saturated rings. The summed E-state index contributed by atoms with van der Waals surface area (Å²) in [5.74, 6) is -1.08. The molecule has 9 heteroatoms. The topological polar surface area (TPSA) is 111 Å². The molecule has 0 aliphatic rings. The number of ether oxygens (including phenoxy) is 1. The smallest absolute Gasteiger partial charge is 0.325 e. The van der Waals surface area contributed by atoms with Gasteiger partial charge < -0.3 is 9.84 Å². The average Bonchev–Trinajstić information content (AvgIpc) is 2.52. The van der Waals surface area contributed by atoms with Crippen LogP contribution in [0.25, 0.3) is 0 Å². The van der Waals surface area contributed by atoms with Crippen LogP contribution < -0.4 is 4.72 Å². The van der Waals surface area contributed by atoms with Crippen LogP contribution in [0.2, 0.25) is 0 Å². The van der Waals surface area contributed by atoms with Crippen LogP contribution in [0.4, 0.5) is 0 Å². The summed E-state index contributed by atoms with van der Waals surface area (Å²) >= 11 is 0. The van der Waals surface area contributed by atoms with E-state index in [1.54, 1.807) is 6.92 Å². The first-order chi connectivity index (χ1) is 9.19. The molecule has 1 aromatic heterocycles. The number of nitrogens with one attached hydrogen (secondary N) is 1. The van der Waals surface area contributed by atoms with E-state index in [9.17, 15) is 13.2 Å². The summed E-state index contributed by atoms with van der Waals surface area (Å²) in [7, 11) is -2.29. The zero-order valence-corrected chi connectivity index (χ0v) is 12.7. The van der Waals surface area contributed by atoms with Gasteiger partial charge in [0, 0.05) is 13.2 Å². The third-order valence-corrected chi connectivity index (χ3v) is 4.48. The molecule has 0 aliphatic heterocycles. The zero-order chi connectivity index (χ0) is 15.5. The molecule has 1 unspecified atom stereocenters. The van der Waals surface area contributed by atoms with Crippen molar-refractivity contribution >= 4 is 16.0 Å². The van der Waals surface area contributed by atoms with Gasteiger partial charge >= 0.3 is 5.97 Å². The van der Waals surface area contributed by atoms with Gasteiger partial charge in [-0.05, 0) is 20.8 Å². The molecule has 0 saturated heterocycles. The Morgan fingerprint density at radius 2 is 2.10 bits per heavy atom. The van der Waals surface area contributed by atoms with E-state index in [0.29, 0.717) is 5.69 Å². The van der Waals surface area contributed by atoms with Crippen molar-refractivity contribution in [3.8, 4) is 0 Å². The van der Waals surface area contributed by atoms with Crippen LogP contribution in [0, 0.1) is 13.8 Å². The largest absolute Gasteiger partial charge is 0.480 e. The van der Waals surface area contributed by atoms with Gasteiger partial charge in [-0.3, -0.25) is 9.48 Å². The highest BCUT2D eigenvalue weighted by Crippen LogP contribution is 2.19. The van der Waals surface area contributed by atoms with Gasteiger partial charge in [-0.15, -0.1) is 0 Å². The van der Waals surface area contributed by atoms with E-state index in [2.05, 4.69) is 9.82 Å². The standard InChI is InChI=1S/C11H19N3O5S/c1-7(6-19-4)13-20(17,18)11-8(2)12-14(9(11)3)5-10(15)16/h7,13H,5-6H2,1-4H3,(H,15,16). The molecular formula is C11H19N3O5S. The number of carbonyl (C=O) groups is 1. The number of aryl methyl sites for hydroxylation is 1. The number of carboxylic acid groups (broad SMARTS) is 1. The number of aliphatic carboxylic acids is 1. The summed E-state index contributed by atoms with van der Waals surface area (Å²) in [6.45, 7) is 4.59. The summed E-state index contributed by atoms with van der Waals surface area (Å²) in [5, 5.41) is 12.7. The summed E-state index contributed by atoms with van der Waals surface area (Å²) in [4.78, 5) is 10.7. The first-order valence-electron chi connectivity index (χ1n) is 5.96. The van der Waals surface area contributed by atoms with Gasteiger partial charge in [-0.1, -0.05) is 0 Å². The first kappa shape index (κ1) is 16.6. The summed E-state index contributed by atoms with van der Waals surface area (Å²) in [6, 6.07) is -0.397. The number of aromatic nitrogens is 2. The van der Waals surface area contributed by atoms with Crippen LogP contribution in [0.15, 0.2) is 4.90 Å². The molecule has 2 N–H and O–H groups in total. The third-order valence-electron chi connectivity index (χ3n) is 2.64. The lowest BCUT2D eigenvalue weighted by Crippen LogP contribution is -2.36. The second kappa shape index (κ2) is 6.33. The number of methoxy groups -OCH3 is 1. The summed E-state index contributed by atoms with van der Waals surface area (Å²) in [5.41, 5.74) is 0.558. The quantitative estimate of drug-likeness (QED) is 0.727. The molecule has 1 heterocycles. The van der Waals surface area contributed by atoms with Crippen molar-refractivity contribution in [1.29, 1.82) is 0 Å². The van der Waals surface area contributed by atoms with Gasteiger partial charge in [0.25, 0.3) is 0 Å². The second-order valence-corrected chi connectivity index (χ2v) is 6.18. The van der Waals surface area contributed by atoms with Crippen molar-refractivity contribution in [2.45, 2.75) is 38.3 Å². The molecule has 0 bridgehead atoms. The molecule has 0 radical (unpaired) electrons. The van der Waals surface area contributed by atoms with Crippen LogP contribution >= 0.6 is 0 Å². The molecule has 1 atom stereocenters. The summed E-state index contributed by atoms with van der Waals surface area (Å²) < 4.78 is 33.1. The molecule has 20 heavy (non-hydrogen) atoms. The molecule has 8 nitrogen and oxygen atoms in total.